The summed E-state index contributed by atoms with van der Waals surface area (Å²) >= 11 is 0. The number of hydrogen-bond donors (Lipinski definition) is 1. The van der Waals surface area contributed by atoms with Crippen molar-refractivity contribution >= 4 is 0 Å². The van der Waals surface area contributed by atoms with Crippen molar-refractivity contribution in [3.8, 4) is 17.6 Å². The van der Waals surface area contributed by atoms with Gasteiger partial charge in [0.2, 0.25) is 0 Å². The highest BCUT2D eigenvalue weighted by Gasteiger charge is 2.06. The molecule has 0 aliphatic carbocycles. The van der Waals surface area contributed by atoms with Gasteiger partial charge in [0.15, 0.2) is 11.5 Å². The number of benzene rings is 1. The summed E-state index contributed by atoms with van der Waals surface area (Å²) in [5.41, 5.74) is 2.21. The fourth-order valence-corrected chi connectivity index (χ4v) is 2.27. The number of aromatic nitrogens is 1. The average Bonchev–Trinajstić information content (AvgIpc) is 2.64. The lowest BCUT2D eigenvalue weighted by Crippen LogP contribution is -2.14. The van der Waals surface area contributed by atoms with Crippen LogP contribution in [-0.2, 0) is 13.2 Å². The number of rotatable bonds is 10. The molecule has 0 aliphatic rings. The molecule has 0 atom stereocenters. The monoisotopic (exact) mass is 325 g/mol. The topological polar surface area (TPSA) is 67.2 Å². The Morgan fingerprint density at radius 2 is 1.92 bits per heavy atom. The summed E-state index contributed by atoms with van der Waals surface area (Å²) in [6.45, 7) is 2.16. The lowest BCUT2D eigenvalue weighted by Gasteiger charge is -2.12. The molecule has 1 heterocycles. The maximum atomic E-state index is 8.50. The Morgan fingerprint density at radius 3 is 2.67 bits per heavy atom. The fraction of sp³-hybridized carbons (Fsp3) is 0.368. The molecule has 0 fully saturated rings. The van der Waals surface area contributed by atoms with Gasteiger partial charge in [0.1, 0.15) is 6.61 Å². The van der Waals surface area contributed by atoms with Crippen LogP contribution in [0.25, 0.3) is 0 Å². The van der Waals surface area contributed by atoms with Gasteiger partial charge in [-0.25, -0.2) is 0 Å². The van der Waals surface area contributed by atoms with Crippen molar-refractivity contribution in [3.05, 3.63) is 53.9 Å². The van der Waals surface area contributed by atoms with E-state index in [9.17, 15) is 0 Å². The van der Waals surface area contributed by atoms with Gasteiger partial charge >= 0.3 is 0 Å². The highest BCUT2D eigenvalue weighted by atomic mass is 16.5. The second kappa shape index (κ2) is 10.2. The van der Waals surface area contributed by atoms with Crippen LogP contribution in [0.5, 0.6) is 11.5 Å². The third-order valence-corrected chi connectivity index (χ3v) is 3.59. The molecule has 2 rings (SSSR count). The molecule has 1 aromatic carbocycles. The first-order valence-electron chi connectivity index (χ1n) is 8.09. The van der Waals surface area contributed by atoms with Gasteiger partial charge < -0.3 is 14.8 Å². The summed E-state index contributed by atoms with van der Waals surface area (Å²) in [5, 5.41) is 11.9. The second-order valence-corrected chi connectivity index (χ2v) is 5.42. The molecular formula is C19H23N3O2. The van der Waals surface area contributed by atoms with E-state index in [0.717, 1.165) is 48.6 Å². The van der Waals surface area contributed by atoms with Crippen LogP contribution in [0.2, 0.25) is 0 Å². The highest BCUT2D eigenvalue weighted by Crippen LogP contribution is 2.28. The van der Waals surface area contributed by atoms with Gasteiger partial charge in [-0.1, -0.05) is 6.07 Å². The normalized spacial score (nSPS) is 10.2. The molecule has 0 radical (unpaired) electrons. The van der Waals surface area contributed by atoms with Crippen LogP contribution in [0, 0.1) is 11.3 Å². The number of hydrogen-bond acceptors (Lipinski definition) is 5. The first kappa shape index (κ1) is 17.8. The Bertz CT molecular complexity index is 653. The Hall–Kier alpha value is -2.58. The minimum Gasteiger partial charge on any atom is -0.493 e. The Morgan fingerprint density at radius 1 is 1.08 bits per heavy atom. The molecule has 5 heteroatoms. The molecular weight excluding hydrogens is 302 g/mol. The third-order valence-electron chi connectivity index (χ3n) is 3.59. The van der Waals surface area contributed by atoms with E-state index < -0.39 is 0 Å². The van der Waals surface area contributed by atoms with Crippen molar-refractivity contribution in [3.63, 3.8) is 0 Å². The molecule has 2 aromatic rings. The van der Waals surface area contributed by atoms with E-state index in [1.54, 1.807) is 19.5 Å². The molecule has 0 aliphatic heterocycles. The molecule has 0 saturated heterocycles. The second-order valence-electron chi connectivity index (χ2n) is 5.42. The number of nitriles is 1. The quantitative estimate of drug-likeness (QED) is 0.678. The molecule has 0 bridgehead atoms. The van der Waals surface area contributed by atoms with Gasteiger partial charge in [0, 0.05) is 25.4 Å². The minimum atomic E-state index is 0.482. The van der Waals surface area contributed by atoms with E-state index in [1.165, 1.54) is 0 Å². The van der Waals surface area contributed by atoms with Crippen molar-refractivity contribution in [2.24, 2.45) is 0 Å². The maximum absolute atomic E-state index is 8.50. The van der Waals surface area contributed by atoms with Crippen LogP contribution >= 0.6 is 0 Å². The highest BCUT2D eigenvalue weighted by molar-refractivity contribution is 5.43. The van der Waals surface area contributed by atoms with Gasteiger partial charge in [-0.2, -0.15) is 5.26 Å². The van der Waals surface area contributed by atoms with Gasteiger partial charge in [0.25, 0.3) is 0 Å². The molecule has 1 N–H and O–H groups in total. The van der Waals surface area contributed by atoms with Crippen molar-refractivity contribution in [2.45, 2.75) is 32.4 Å². The Labute approximate surface area is 143 Å². The van der Waals surface area contributed by atoms with Crippen molar-refractivity contribution < 1.29 is 9.47 Å². The van der Waals surface area contributed by atoms with Crippen molar-refractivity contribution in [2.75, 3.05) is 13.7 Å². The summed E-state index contributed by atoms with van der Waals surface area (Å²) in [7, 11) is 1.65. The number of methoxy groups -OCH3 is 1. The smallest absolute Gasteiger partial charge is 0.161 e. The third kappa shape index (κ3) is 5.90. The van der Waals surface area contributed by atoms with Crippen LogP contribution in [-0.4, -0.2) is 18.6 Å². The number of unbranched alkanes of at least 4 members (excludes halogenated alkanes) is 2. The minimum absolute atomic E-state index is 0.482. The van der Waals surface area contributed by atoms with E-state index in [1.807, 2.05) is 30.3 Å². The van der Waals surface area contributed by atoms with E-state index in [0.29, 0.717) is 13.0 Å². The van der Waals surface area contributed by atoms with E-state index in [4.69, 9.17) is 14.7 Å². The molecule has 0 saturated carbocycles. The molecule has 0 unspecified atom stereocenters. The molecule has 24 heavy (non-hydrogen) atoms. The predicted molar refractivity (Wildman–Crippen MR) is 92.7 cm³/mol. The lowest BCUT2D eigenvalue weighted by molar-refractivity contribution is 0.284. The lowest BCUT2D eigenvalue weighted by atomic mass is 10.2. The number of ether oxygens (including phenoxy) is 2. The largest absolute Gasteiger partial charge is 0.493 e. The summed E-state index contributed by atoms with van der Waals surface area (Å²) < 4.78 is 11.3. The van der Waals surface area contributed by atoms with E-state index >= 15 is 0 Å². The Kier molecular flexibility index (Phi) is 7.58. The fourth-order valence-electron chi connectivity index (χ4n) is 2.27. The van der Waals surface area contributed by atoms with Gasteiger partial charge in [-0.05, 0) is 54.8 Å². The van der Waals surface area contributed by atoms with E-state index in [2.05, 4.69) is 16.4 Å². The summed E-state index contributed by atoms with van der Waals surface area (Å²) in [4.78, 5) is 3.99. The van der Waals surface area contributed by atoms with Gasteiger partial charge in [0.05, 0.1) is 13.2 Å². The van der Waals surface area contributed by atoms with E-state index in [-0.39, 0.29) is 0 Å². The average molecular weight is 325 g/mol. The summed E-state index contributed by atoms with van der Waals surface area (Å²) in [6, 6.07) is 12.0. The molecule has 5 nitrogen and oxygen atoms in total. The number of nitrogens with one attached hydrogen (secondary N) is 1. The summed E-state index contributed by atoms with van der Waals surface area (Å²) in [5.74, 6) is 1.46. The van der Waals surface area contributed by atoms with Crippen molar-refractivity contribution in [1.29, 1.82) is 5.26 Å². The molecule has 0 amide bonds. The standard InChI is InChI=1S/C19H23N3O2/c1-23-19-13-17(14-22-10-4-2-3-9-20)5-6-18(19)24-15-16-7-11-21-12-8-16/h5-8,11-13,22H,2-4,10,14-15H2,1H3. The molecule has 1 aromatic heterocycles. The van der Waals surface area contributed by atoms with Crippen LogP contribution in [0.1, 0.15) is 30.4 Å². The zero-order valence-electron chi connectivity index (χ0n) is 14.0. The first-order valence-corrected chi connectivity index (χ1v) is 8.09. The molecule has 126 valence electrons. The van der Waals surface area contributed by atoms with Crippen LogP contribution in [0.3, 0.4) is 0 Å². The Balaban J connectivity index is 1.84. The number of pyridine rings is 1. The first-order chi connectivity index (χ1) is 11.8. The van der Waals surface area contributed by atoms with Gasteiger partial charge in [-0.3, -0.25) is 4.98 Å². The predicted octanol–water partition coefficient (Wildman–Crippen LogP) is 3.45. The molecule has 0 spiro atoms. The zero-order valence-corrected chi connectivity index (χ0v) is 14.0. The maximum Gasteiger partial charge on any atom is 0.161 e. The zero-order chi connectivity index (χ0) is 17.0. The van der Waals surface area contributed by atoms with Crippen LogP contribution in [0.4, 0.5) is 0 Å². The summed E-state index contributed by atoms with van der Waals surface area (Å²) in [6.07, 6.45) is 6.08. The number of nitrogens with zero attached hydrogens (tertiary/aromatic N) is 2. The van der Waals surface area contributed by atoms with Gasteiger partial charge in [-0.15, -0.1) is 0 Å². The van der Waals surface area contributed by atoms with Crippen LogP contribution in [0.15, 0.2) is 42.7 Å². The SMILES string of the molecule is COc1cc(CNCCCCC#N)ccc1OCc1ccncc1. The van der Waals surface area contributed by atoms with Crippen molar-refractivity contribution in [1.82, 2.24) is 10.3 Å². The van der Waals surface area contributed by atoms with Crippen LogP contribution < -0.4 is 14.8 Å².